The van der Waals surface area contributed by atoms with Gasteiger partial charge < -0.3 is 14.8 Å². The minimum Gasteiger partial charge on any atom is -0.497 e. The summed E-state index contributed by atoms with van der Waals surface area (Å²) in [5.41, 5.74) is 2.41. The van der Waals surface area contributed by atoms with Crippen LogP contribution in [-0.4, -0.2) is 36.1 Å². The second kappa shape index (κ2) is 9.49. The summed E-state index contributed by atoms with van der Waals surface area (Å²) in [4.78, 5) is 12.3. The second-order valence-electron chi connectivity index (χ2n) is 6.76. The van der Waals surface area contributed by atoms with Gasteiger partial charge in [0.1, 0.15) is 16.5 Å². The van der Waals surface area contributed by atoms with Crippen molar-refractivity contribution in [3.63, 3.8) is 0 Å². The van der Waals surface area contributed by atoms with Gasteiger partial charge in [-0.15, -0.1) is 10.2 Å². The zero-order valence-electron chi connectivity index (χ0n) is 17.2. The molecule has 0 aliphatic carbocycles. The van der Waals surface area contributed by atoms with E-state index in [4.69, 9.17) is 9.47 Å². The Labute approximate surface area is 184 Å². The Balaban J connectivity index is 1.38. The van der Waals surface area contributed by atoms with Crippen LogP contribution < -0.4 is 14.8 Å². The summed E-state index contributed by atoms with van der Waals surface area (Å²) >= 11 is 1.33. The van der Waals surface area contributed by atoms with Crippen LogP contribution in [0.2, 0.25) is 0 Å². The minimum absolute atomic E-state index is 0.152. The van der Waals surface area contributed by atoms with Crippen molar-refractivity contribution in [3.8, 4) is 22.8 Å². The van der Waals surface area contributed by atoms with Gasteiger partial charge in [-0.25, -0.2) is 0 Å². The van der Waals surface area contributed by atoms with Crippen LogP contribution in [-0.2, 0) is 4.79 Å². The van der Waals surface area contributed by atoms with Gasteiger partial charge in [0.15, 0.2) is 0 Å². The molecular weight excluding hydrogens is 410 g/mol. The number of fused-ring (bicyclic) bond motifs is 1. The number of nitrogens with one attached hydrogen (secondary N) is 1. The van der Waals surface area contributed by atoms with Crippen molar-refractivity contribution in [1.82, 2.24) is 10.2 Å². The number of hydrogen-bond donors (Lipinski definition) is 1. The third-order valence-electron chi connectivity index (χ3n) is 4.67. The highest BCUT2D eigenvalue weighted by Crippen LogP contribution is 2.27. The highest BCUT2D eigenvalue weighted by atomic mass is 32.2. The van der Waals surface area contributed by atoms with Gasteiger partial charge in [0.05, 0.1) is 25.7 Å². The average molecular weight is 432 g/mol. The zero-order chi connectivity index (χ0) is 21.6. The Kier molecular flexibility index (Phi) is 6.33. The predicted molar refractivity (Wildman–Crippen MR) is 124 cm³/mol. The maximum atomic E-state index is 12.3. The maximum Gasteiger partial charge on any atom is 0.234 e. The Morgan fingerprint density at radius 1 is 0.871 bits per heavy atom. The molecule has 0 saturated heterocycles. The van der Waals surface area contributed by atoms with Crippen molar-refractivity contribution in [2.45, 2.75) is 5.03 Å². The van der Waals surface area contributed by atoms with Gasteiger partial charge >= 0.3 is 0 Å². The van der Waals surface area contributed by atoms with Crippen LogP contribution in [0.5, 0.6) is 11.5 Å². The van der Waals surface area contributed by atoms with Gasteiger partial charge in [0.2, 0.25) is 5.91 Å². The highest BCUT2D eigenvalue weighted by Gasteiger charge is 2.09. The van der Waals surface area contributed by atoms with Crippen molar-refractivity contribution in [3.05, 3.63) is 72.8 Å². The van der Waals surface area contributed by atoms with Gasteiger partial charge in [0, 0.05) is 29.4 Å². The van der Waals surface area contributed by atoms with Gasteiger partial charge in [-0.2, -0.15) is 0 Å². The summed E-state index contributed by atoms with van der Waals surface area (Å²) in [7, 11) is 3.13. The fraction of sp³-hybridized carbons (Fsp3) is 0.125. The van der Waals surface area contributed by atoms with Crippen LogP contribution in [0.15, 0.2) is 77.8 Å². The summed E-state index contributed by atoms with van der Waals surface area (Å²) in [6.45, 7) is 0. The summed E-state index contributed by atoms with van der Waals surface area (Å²) < 4.78 is 10.4. The molecule has 6 nitrogen and oxygen atoms in total. The highest BCUT2D eigenvalue weighted by molar-refractivity contribution is 7.99. The van der Waals surface area contributed by atoms with E-state index in [0.29, 0.717) is 22.2 Å². The number of anilines is 1. The molecule has 0 radical (unpaired) electrons. The summed E-state index contributed by atoms with van der Waals surface area (Å²) in [5.74, 6) is 1.28. The Morgan fingerprint density at radius 2 is 1.61 bits per heavy atom. The number of benzene rings is 3. The fourth-order valence-corrected chi connectivity index (χ4v) is 3.73. The van der Waals surface area contributed by atoms with Crippen molar-refractivity contribution < 1.29 is 14.3 Å². The van der Waals surface area contributed by atoms with Gasteiger partial charge in [0.25, 0.3) is 0 Å². The lowest BCUT2D eigenvalue weighted by atomic mass is 10.1. The molecule has 0 bridgehead atoms. The normalized spacial score (nSPS) is 10.6. The molecule has 31 heavy (non-hydrogen) atoms. The third-order valence-corrected chi connectivity index (χ3v) is 5.59. The first-order valence-corrected chi connectivity index (χ1v) is 10.6. The molecule has 0 aliphatic rings. The molecule has 0 unspecified atom stereocenters. The number of amides is 1. The average Bonchev–Trinajstić information content (AvgIpc) is 2.82. The van der Waals surface area contributed by atoms with Crippen molar-refractivity contribution in [1.29, 1.82) is 0 Å². The van der Waals surface area contributed by atoms with Gasteiger partial charge in [-0.3, -0.25) is 4.79 Å². The molecule has 4 rings (SSSR count). The summed E-state index contributed by atoms with van der Waals surface area (Å²) in [6, 6.07) is 23.4. The first-order chi connectivity index (χ1) is 15.1. The van der Waals surface area contributed by atoms with E-state index in [1.165, 1.54) is 17.1 Å². The SMILES string of the molecule is COc1cc(NC(=O)CSc2ccc(-c3ccc4ccccc4c3)nn2)cc(OC)c1. The monoisotopic (exact) mass is 431 g/mol. The van der Waals surface area contributed by atoms with Crippen LogP contribution in [0, 0.1) is 0 Å². The predicted octanol–water partition coefficient (Wildman–Crippen LogP) is 5.04. The summed E-state index contributed by atoms with van der Waals surface area (Å²) in [5, 5.41) is 14.5. The number of ether oxygens (including phenoxy) is 2. The molecule has 0 saturated carbocycles. The van der Waals surface area contributed by atoms with Gasteiger partial charge in [-0.1, -0.05) is 48.2 Å². The number of hydrogen-bond acceptors (Lipinski definition) is 6. The third kappa shape index (κ3) is 5.13. The lowest BCUT2D eigenvalue weighted by Gasteiger charge is -2.09. The molecular formula is C24H21N3O3S. The van der Waals surface area contributed by atoms with E-state index in [-0.39, 0.29) is 11.7 Å². The standard InChI is InChI=1S/C24H21N3O3S/c1-29-20-12-19(13-21(14-20)30-2)25-23(28)15-31-24-10-9-22(26-27-24)18-8-7-16-5-3-4-6-17(16)11-18/h3-14H,15H2,1-2H3,(H,25,28). The van der Waals surface area contributed by atoms with E-state index in [1.54, 1.807) is 32.4 Å². The largest absolute Gasteiger partial charge is 0.497 e. The first kappa shape index (κ1) is 20.7. The van der Waals surface area contributed by atoms with E-state index in [0.717, 1.165) is 16.6 Å². The zero-order valence-corrected chi connectivity index (χ0v) is 18.0. The smallest absolute Gasteiger partial charge is 0.234 e. The molecule has 1 aromatic heterocycles. The van der Waals surface area contributed by atoms with E-state index >= 15 is 0 Å². The Bertz CT molecular complexity index is 1190. The number of aromatic nitrogens is 2. The van der Waals surface area contributed by atoms with E-state index in [9.17, 15) is 4.79 Å². The van der Waals surface area contributed by atoms with Crippen LogP contribution in [0.25, 0.3) is 22.0 Å². The number of nitrogens with zero attached hydrogens (tertiary/aromatic N) is 2. The van der Waals surface area contributed by atoms with Crippen LogP contribution >= 0.6 is 11.8 Å². The molecule has 1 N–H and O–H groups in total. The second-order valence-corrected chi connectivity index (χ2v) is 7.75. The first-order valence-electron chi connectivity index (χ1n) is 9.63. The summed E-state index contributed by atoms with van der Waals surface area (Å²) in [6.07, 6.45) is 0. The molecule has 1 heterocycles. The van der Waals surface area contributed by atoms with Crippen molar-refractivity contribution in [2.24, 2.45) is 0 Å². The van der Waals surface area contributed by atoms with Crippen molar-refractivity contribution >= 4 is 34.1 Å². The molecule has 3 aromatic carbocycles. The number of carbonyl (C=O) groups is 1. The number of carbonyl (C=O) groups excluding carboxylic acids is 1. The Morgan fingerprint density at radius 3 is 2.29 bits per heavy atom. The van der Waals surface area contributed by atoms with Crippen LogP contribution in [0.4, 0.5) is 5.69 Å². The number of methoxy groups -OCH3 is 2. The molecule has 156 valence electrons. The van der Waals surface area contributed by atoms with E-state index < -0.39 is 0 Å². The van der Waals surface area contributed by atoms with Crippen LogP contribution in [0.1, 0.15) is 0 Å². The van der Waals surface area contributed by atoms with Gasteiger partial charge in [-0.05, 0) is 29.0 Å². The minimum atomic E-state index is -0.152. The maximum absolute atomic E-state index is 12.3. The fourth-order valence-electron chi connectivity index (χ4n) is 3.12. The molecule has 0 atom stereocenters. The molecule has 1 amide bonds. The molecule has 0 fully saturated rings. The van der Waals surface area contributed by atoms with Crippen molar-refractivity contribution in [2.75, 3.05) is 25.3 Å². The quantitative estimate of drug-likeness (QED) is 0.413. The van der Waals surface area contributed by atoms with E-state index in [1.807, 2.05) is 30.3 Å². The molecule has 0 spiro atoms. The Hall–Kier alpha value is -3.58. The lowest BCUT2D eigenvalue weighted by molar-refractivity contribution is -0.113. The molecule has 4 aromatic rings. The molecule has 7 heteroatoms. The van der Waals surface area contributed by atoms with Crippen LogP contribution in [0.3, 0.4) is 0 Å². The topological polar surface area (TPSA) is 73.3 Å². The number of thioether (sulfide) groups is 1. The molecule has 0 aliphatic heterocycles. The lowest BCUT2D eigenvalue weighted by Crippen LogP contribution is -2.14. The van der Waals surface area contributed by atoms with E-state index in [2.05, 4.69) is 39.8 Å². The number of rotatable bonds is 7.